The number of aliphatic imine (C=N–C) groups is 2. The molecular weight excluding hydrogens is 359 g/mol. The van der Waals surface area contributed by atoms with Crippen LogP contribution in [0, 0.1) is 0 Å². The van der Waals surface area contributed by atoms with Crippen LogP contribution in [0.1, 0.15) is 17.2 Å². The SMILES string of the molecule is O=C(O)C1=NC(c2ccc(Cl)cc2Cl)=NC1c1ccc(Cl)cc1. The molecule has 0 bridgehead atoms. The summed E-state index contributed by atoms with van der Waals surface area (Å²) in [6.45, 7) is 0. The van der Waals surface area contributed by atoms with Gasteiger partial charge in [-0.1, -0.05) is 46.9 Å². The Labute approximate surface area is 147 Å². The number of hydrogen-bond acceptors (Lipinski definition) is 3. The predicted octanol–water partition coefficient (Wildman–Crippen LogP) is 4.67. The summed E-state index contributed by atoms with van der Waals surface area (Å²) in [7, 11) is 0. The third kappa shape index (κ3) is 3.24. The molecule has 116 valence electrons. The van der Waals surface area contributed by atoms with Crippen LogP contribution in [0.15, 0.2) is 52.4 Å². The van der Waals surface area contributed by atoms with Crippen LogP contribution in [-0.2, 0) is 4.79 Å². The summed E-state index contributed by atoms with van der Waals surface area (Å²) in [6.07, 6.45) is 0. The zero-order chi connectivity index (χ0) is 16.6. The molecule has 2 aromatic carbocycles. The maximum Gasteiger partial charge on any atom is 0.352 e. The molecule has 1 heterocycles. The van der Waals surface area contributed by atoms with Crippen molar-refractivity contribution >= 4 is 52.3 Å². The van der Waals surface area contributed by atoms with Gasteiger partial charge in [-0.15, -0.1) is 0 Å². The number of halogens is 3. The van der Waals surface area contributed by atoms with Crippen LogP contribution in [0.25, 0.3) is 0 Å². The molecule has 0 spiro atoms. The van der Waals surface area contributed by atoms with Crippen LogP contribution < -0.4 is 0 Å². The molecule has 4 nitrogen and oxygen atoms in total. The van der Waals surface area contributed by atoms with Crippen molar-refractivity contribution in [1.29, 1.82) is 0 Å². The minimum Gasteiger partial charge on any atom is -0.477 e. The highest BCUT2D eigenvalue weighted by Crippen LogP contribution is 2.30. The van der Waals surface area contributed by atoms with Crippen molar-refractivity contribution in [2.75, 3.05) is 0 Å². The van der Waals surface area contributed by atoms with E-state index in [4.69, 9.17) is 34.8 Å². The highest BCUT2D eigenvalue weighted by Gasteiger charge is 2.30. The van der Waals surface area contributed by atoms with E-state index in [1.165, 1.54) is 0 Å². The van der Waals surface area contributed by atoms with Crippen molar-refractivity contribution in [3.63, 3.8) is 0 Å². The third-order valence-corrected chi connectivity index (χ3v) is 4.11. The molecule has 0 radical (unpaired) electrons. The molecule has 3 rings (SSSR count). The molecule has 0 fully saturated rings. The van der Waals surface area contributed by atoms with Crippen molar-refractivity contribution in [2.24, 2.45) is 9.98 Å². The Hall–Kier alpha value is -1.88. The topological polar surface area (TPSA) is 62.0 Å². The van der Waals surface area contributed by atoms with Crippen molar-refractivity contribution in [3.05, 3.63) is 68.7 Å². The van der Waals surface area contributed by atoms with Gasteiger partial charge >= 0.3 is 5.97 Å². The van der Waals surface area contributed by atoms with Crippen LogP contribution in [-0.4, -0.2) is 22.6 Å². The molecule has 0 aromatic heterocycles. The summed E-state index contributed by atoms with van der Waals surface area (Å²) < 4.78 is 0. The summed E-state index contributed by atoms with van der Waals surface area (Å²) in [5.74, 6) is -0.863. The van der Waals surface area contributed by atoms with Crippen LogP contribution in [0.2, 0.25) is 15.1 Å². The molecule has 0 saturated carbocycles. The van der Waals surface area contributed by atoms with Crippen LogP contribution >= 0.6 is 34.8 Å². The first-order valence-corrected chi connectivity index (χ1v) is 7.69. The Morgan fingerprint density at radius 3 is 2.26 bits per heavy atom. The van der Waals surface area contributed by atoms with Gasteiger partial charge in [0.25, 0.3) is 0 Å². The number of hydrogen-bond donors (Lipinski definition) is 1. The van der Waals surface area contributed by atoms with Gasteiger partial charge in [-0.05, 0) is 35.9 Å². The zero-order valence-corrected chi connectivity index (χ0v) is 13.8. The van der Waals surface area contributed by atoms with Gasteiger partial charge in [-0.25, -0.2) is 9.79 Å². The van der Waals surface area contributed by atoms with Crippen LogP contribution in [0.4, 0.5) is 0 Å². The fourth-order valence-corrected chi connectivity index (χ4v) is 2.85. The third-order valence-electron chi connectivity index (χ3n) is 3.31. The Morgan fingerprint density at radius 2 is 1.65 bits per heavy atom. The second-order valence-electron chi connectivity index (χ2n) is 4.83. The monoisotopic (exact) mass is 366 g/mol. The lowest BCUT2D eigenvalue weighted by Gasteiger charge is -2.08. The number of carboxylic acid groups (broad SMARTS) is 1. The zero-order valence-electron chi connectivity index (χ0n) is 11.5. The molecule has 2 aromatic rings. The molecule has 7 heteroatoms. The second kappa shape index (κ2) is 6.32. The summed E-state index contributed by atoms with van der Waals surface area (Å²) >= 11 is 17.9. The van der Waals surface area contributed by atoms with E-state index in [0.29, 0.717) is 26.2 Å². The molecule has 0 saturated heterocycles. The Kier molecular flexibility index (Phi) is 4.39. The lowest BCUT2D eigenvalue weighted by molar-refractivity contribution is -0.129. The fraction of sp³-hybridized carbons (Fsp3) is 0.0625. The van der Waals surface area contributed by atoms with Gasteiger partial charge < -0.3 is 5.11 Å². The standard InChI is InChI=1S/C16H9Cl3N2O2/c17-9-3-1-8(2-4-9)13-14(16(22)23)21-15(20-13)11-6-5-10(18)7-12(11)19/h1-7,13H,(H,22,23). The van der Waals surface area contributed by atoms with Crippen LogP contribution in [0.3, 0.4) is 0 Å². The number of carbonyl (C=O) groups is 1. The quantitative estimate of drug-likeness (QED) is 0.856. The van der Waals surface area contributed by atoms with E-state index in [9.17, 15) is 9.90 Å². The molecule has 1 unspecified atom stereocenters. The number of nitrogens with zero attached hydrogens (tertiary/aromatic N) is 2. The maximum atomic E-state index is 11.5. The molecular formula is C16H9Cl3N2O2. The number of carboxylic acids is 1. The van der Waals surface area contributed by atoms with Crippen molar-refractivity contribution in [1.82, 2.24) is 0 Å². The normalized spacial score (nSPS) is 16.9. The molecule has 1 aliphatic heterocycles. The van der Waals surface area contributed by atoms with E-state index in [1.54, 1.807) is 42.5 Å². The summed E-state index contributed by atoms with van der Waals surface area (Å²) in [6, 6.07) is 11.0. The first-order valence-electron chi connectivity index (χ1n) is 6.56. The summed E-state index contributed by atoms with van der Waals surface area (Å²) in [5, 5.41) is 10.8. The van der Waals surface area contributed by atoms with Gasteiger partial charge in [0.05, 0.1) is 5.02 Å². The predicted molar refractivity (Wildman–Crippen MR) is 92.3 cm³/mol. The van der Waals surface area contributed by atoms with E-state index in [-0.39, 0.29) is 11.5 Å². The highest BCUT2D eigenvalue weighted by molar-refractivity contribution is 6.43. The van der Waals surface area contributed by atoms with Crippen molar-refractivity contribution in [3.8, 4) is 0 Å². The highest BCUT2D eigenvalue weighted by atomic mass is 35.5. The van der Waals surface area contributed by atoms with Gasteiger partial charge in [0.15, 0.2) is 11.5 Å². The minimum absolute atomic E-state index is 0.0617. The summed E-state index contributed by atoms with van der Waals surface area (Å²) in [5.41, 5.74) is 1.16. The van der Waals surface area contributed by atoms with E-state index >= 15 is 0 Å². The number of amidine groups is 1. The molecule has 0 amide bonds. The maximum absolute atomic E-state index is 11.5. The lowest BCUT2D eigenvalue weighted by Crippen LogP contribution is -2.18. The Bertz CT molecular complexity index is 845. The minimum atomic E-state index is -1.13. The second-order valence-corrected chi connectivity index (χ2v) is 6.11. The molecule has 0 aliphatic carbocycles. The average Bonchev–Trinajstić information content (AvgIpc) is 2.93. The van der Waals surface area contributed by atoms with E-state index in [2.05, 4.69) is 9.98 Å². The molecule has 23 heavy (non-hydrogen) atoms. The van der Waals surface area contributed by atoms with Gasteiger partial charge in [0.2, 0.25) is 0 Å². The fourth-order valence-electron chi connectivity index (χ4n) is 2.23. The van der Waals surface area contributed by atoms with Gasteiger partial charge in [0, 0.05) is 15.6 Å². The summed E-state index contributed by atoms with van der Waals surface area (Å²) in [4.78, 5) is 20.0. The molecule has 1 atom stereocenters. The van der Waals surface area contributed by atoms with Crippen molar-refractivity contribution < 1.29 is 9.90 Å². The first-order chi connectivity index (χ1) is 11.0. The lowest BCUT2D eigenvalue weighted by atomic mass is 10.0. The van der Waals surface area contributed by atoms with Gasteiger partial charge in [-0.3, -0.25) is 4.99 Å². The average molecular weight is 368 g/mol. The number of rotatable bonds is 3. The Morgan fingerprint density at radius 1 is 1.00 bits per heavy atom. The smallest absolute Gasteiger partial charge is 0.352 e. The largest absolute Gasteiger partial charge is 0.477 e. The van der Waals surface area contributed by atoms with Crippen LogP contribution in [0.5, 0.6) is 0 Å². The van der Waals surface area contributed by atoms with Crippen molar-refractivity contribution in [2.45, 2.75) is 6.04 Å². The van der Waals surface area contributed by atoms with E-state index < -0.39 is 12.0 Å². The first kappa shape index (κ1) is 16.0. The number of aliphatic carboxylic acids is 1. The molecule has 1 aliphatic rings. The van der Waals surface area contributed by atoms with Gasteiger partial charge in [0.1, 0.15) is 6.04 Å². The van der Waals surface area contributed by atoms with E-state index in [0.717, 1.165) is 0 Å². The Balaban J connectivity index is 2.06. The number of benzene rings is 2. The molecule has 1 N–H and O–H groups in total. The van der Waals surface area contributed by atoms with E-state index in [1.807, 2.05) is 0 Å². The van der Waals surface area contributed by atoms with Gasteiger partial charge in [-0.2, -0.15) is 0 Å².